The lowest BCUT2D eigenvalue weighted by atomic mass is 10.2. The number of nitrogens with one attached hydrogen (secondary N) is 1. The van der Waals surface area contributed by atoms with Crippen molar-refractivity contribution in [3.63, 3.8) is 0 Å². The molecule has 7 nitrogen and oxygen atoms in total. The van der Waals surface area contributed by atoms with E-state index in [2.05, 4.69) is 15.3 Å². The highest BCUT2D eigenvalue weighted by molar-refractivity contribution is 5.93. The molecule has 1 N–H and O–H groups in total. The third kappa shape index (κ3) is 3.99. The molecule has 2 heterocycles. The van der Waals surface area contributed by atoms with Gasteiger partial charge >= 0.3 is 0 Å². The van der Waals surface area contributed by atoms with Crippen LogP contribution in [0.2, 0.25) is 0 Å². The molecule has 1 fully saturated rings. The first-order valence-corrected chi connectivity index (χ1v) is 9.62. The Bertz CT molecular complexity index is 1010. The number of aryl methyl sites for hydroxylation is 1. The number of rotatable bonds is 5. The van der Waals surface area contributed by atoms with E-state index in [9.17, 15) is 9.59 Å². The number of carbonyl (C=O) groups excluding carboxylic acids is 2. The Kier molecular flexibility index (Phi) is 5.29. The third-order valence-corrected chi connectivity index (χ3v) is 5.06. The highest BCUT2D eigenvalue weighted by Crippen LogP contribution is 2.22. The molecular weight excluding hydrogens is 366 g/mol. The van der Waals surface area contributed by atoms with Crippen LogP contribution in [0.25, 0.3) is 5.69 Å². The number of amides is 2. The smallest absolute Gasteiger partial charge is 0.272 e. The van der Waals surface area contributed by atoms with Crippen LogP contribution in [0.15, 0.2) is 60.7 Å². The summed E-state index contributed by atoms with van der Waals surface area (Å²) in [5, 5.41) is 7.19. The van der Waals surface area contributed by atoms with Crippen LogP contribution in [-0.4, -0.2) is 53.2 Å². The number of carbonyl (C=O) groups is 2. The fourth-order valence-corrected chi connectivity index (χ4v) is 3.61. The van der Waals surface area contributed by atoms with Gasteiger partial charge in [-0.15, -0.1) is 0 Å². The topological polar surface area (TPSA) is 70.5 Å². The predicted octanol–water partition coefficient (Wildman–Crippen LogP) is 2.71. The van der Waals surface area contributed by atoms with Crippen molar-refractivity contribution in [1.82, 2.24) is 14.7 Å². The van der Waals surface area contributed by atoms with Crippen LogP contribution in [0.3, 0.4) is 0 Å². The van der Waals surface area contributed by atoms with Gasteiger partial charge in [0.25, 0.3) is 5.91 Å². The number of hydrogen-bond acceptors (Lipinski definition) is 4. The minimum absolute atomic E-state index is 0.00882. The van der Waals surface area contributed by atoms with Crippen molar-refractivity contribution < 1.29 is 9.59 Å². The molecule has 7 heteroatoms. The van der Waals surface area contributed by atoms with Crippen molar-refractivity contribution >= 4 is 23.7 Å². The normalized spacial score (nSPS) is 14.0. The van der Waals surface area contributed by atoms with Gasteiger partial charge in [0.15, 0.2) is 0 Å². The Labute approximate surface area is 169 Å². The number of aromatic nitrogens is 2. The van der Waals surface area contributed by atoms with Gasteiger partial charge in [-0.25, -0.2) is 4.68 Å². The summed E-state index contributed by atoms with van der Waals surface area (Å²) in [5.74, 6) is -0.00882. The van der Waals surface area contributed by atoms with E-state index in [1.54, 1.807) is 4.68 Å². The zero-order chi connectivity index (χ0) is 20.2. The minimum atomic E-state index is -0.00882. The first-order chi connectivity index (χ1) is 14.2. The summed E-state index contributed by atoms with van der Waals surface area (Å²) < 4.78 is 1.72. The number of piperazine rings is 1. The van der Waals surface area contributed by atoms with Crippen molar-refractivity contribution in [2.24, 2.45) is 0 Å². The van der Waals surface area contributed by atoms with Gasteiger partial charge in [0.2, 0.25) is 6.41 Å². The van der Waals surface area contributed by atoms with E-state index in [1.807, 2.05) is 72.5 Å². The second-order valence-corrected chi connectivity index (χ2v) is 7.01. The molecule has 29 heavy (non-hydrogen) atoms. The molecule has 0 radical (unpaired) electrons. The van der Waals surface area contributed by atoms with Crippen LogP contribution in [0.5, 0.6) is 0 Å². The molecular formula is C22H23N5O2. The molecule has 1 saturated heterocycles. The number of anilines is 2. The zero-order valence-electron chi connectivity index (χ0n) is 16.3. The van der Waals surface area contributed by atoms with Crippen LogP contribution in [-0.2, 0) is 4.79 Å². The third-order valence-electron chi connectivity index (χ3n) is 5.06. The molecule has 1 aromatic heterocycles. The lowest BCUT2D eigenvalue weighted by molar-refractivity contribution is -0.105. The number of para-hydroxylation sites is 1. The maximum absolute atomic E-state index is 13.2. The van der Waals surface area contributed by atoms with Gasteiger partial charge in [-0.05, 0) is 43.3 Å². The van der Waals surface area contributed by atoms with Crippen LogP contribution >= 0.6 is 0 Å². The number of hydrogen-bond donors (Lipinski definition) is 1. The van der Waals surface area contributed by atoms with Gasteiger partial charge in [-0.2, -0.15) is 5.10 Å². The summed E-state index contributed by atoms with van der Waals surface area (Å²) in [6.45, 7) is 4.62. The van der Waals surface area contributed by atoms with Gasteiger partial charge in [0.1, 0.15) is 5.69 Å². The van der Waals surface area contributed by atoms with Crippen LogP contribution in [0.4, 0.5) is 11.4 Å². The van der Waals surface area contributed by atoms with Crippen molar-refractivity contribution in [2.45, 2.75) is 6.92 Å². The van der Waals surface area contributed by atoms with E-state index >= 15 is 0 Å². The molecule has 2 aromatic carbocycles. The van der Waals surface area contributed by atoms with E-state index in [1.165, 1.54) is 0 Å². The lowest BCUT2D eigenvalue weighted by Gasteiger charge is -2.36. The molecule has 0 aliphatic carbocycles. The van der Waals surface area contributed by atoms with Crippen LogP contribution in [0.1, 0.15) is 16.2 Å². The second kappa shape index (κ2) is 8.18. The summed E-state index contributed by atoms with van der Waals surface area (Å²) >= 11 is 0. The van der Waals surface area contributed by atoms with E-state index in [-0.39, 0.29) is 5.91 Å². The Morgan fingerprint density at radius 3 is 2.41 bits per heavy atom. The van der Waals surface area contributed by atoms with Gasteiger partial charge < -0.3 is 15.1 Å². The summed E-state index contributed by atoms with van der Waals surface area (Å²) in [6.07, 6.45) is 0.674. The van der Waals surface area contributed by atoms with E-state index in [0.29, 0.717) is 25.2 Å². The Morgan fingerprint density at radius 2 is 1.69 bits per heavy atom. The average molecular weight is 389 g/mol. The summed E-state index contributed by atoms with van der Waals surface area (Å²) in [7, 11) is 0. The van der Waals surface area contributed by atoms with Gasteiger partial charge in [0, 0.05) is 37.6 Å². The molecule has 0 spiro atoms. The maximum atomic E-state index is 13.2. The Morgan fingerprint density at radius 1 is 0.966 bits per heavy atom. The molecule has 0 unspecified atom stereocenters. The number of nitrogens with zero attached hydrogens (tertiary/aromatic N) is 4. The average Bonchev–Trinajstić information content (AvgIpc) is 3.16. The molecule has 2 amide bonds. The first kappa shape index (κ1) is 18.7. The summed E-state index contributed by atoms with van der Waals surface area (Å²) in [4.78, 5) is 28.0. The highest BCUT2D eigenvalue weighted by Gasteiger charge is 2.25. The maximum Gasteiger partial charge on any atom is 0.272 e. The van der Waals surface area contributed by atoms with Crippen molar-refractivity contribution in [3.8, 4) is 5.69 Å². The minimum Gasteiger partial charge on any atom is -0.368 e. The SMILES string of the molecule is Cc1cc(C(=O)N2CCN(c3cccc(NC=O)c3)CC2)n(-c2ccccc2)n1. The molecule has 0 atom stereocenters. The van der Waals surface area contributed by atoms with E-state index < -0.39 is 0 Å². The second-order valence-electron chi connectivity index (χ2n) is 7.01. The van der Waals surface area contributed by atoms with Crippen molar-refractivity contribution in [2.75, 3.05) is 36.4 Å². The quantitative estimate of drug-likeness (QED) is 0.681. The predicted molar refractivity (Wildman–Crippen MR) is 113 cm³/mol. The Balaban J connectivity index is 1.48. The molecule has 3 aromatic rings. The largest absolute Gasteiger partial charge is 0.368 e. The van der Waals surface area contributed by atoms with E-state index in [4.69, 9.17) is 0 Å². The summed E-state index contributed by atoms with van der Waals surface area (Å²) in [6, 6.07) is 19.3. The fraction of sp³-hybridized carbons (Fsp3) is 0.227. The van der Waals surface area contributed by atoms with Gasteiger partial charge in [0.05, 0.1) is 11.4 Å². The number of benzene rings is 2. The molecule has 0 bridgehead atoms. The summed E-state index contributed by atoms with van der Waals surface area (Å²) in [5.41, 5.74) is 4.07. The molecule has 1 aliphatic heterocycles. The zero-order valence-corrected chi connectivity index (χ0v) is 16.3. The van der Waals surface area contributed by atoms with Crippen LogP contribution < -0.4 is 10.2 Å². The first-order valence-electron chi connectivity index (χ1n) is 9.62. The van der Waals surface area contributed by atoms with Gasteiger partial charge in [-0.3, -0.25) is 9.59 Å². The van der Waals surface area contributed by atoms with Crippen molar-refractivity contribution in [1.29, 1.82) is 0 Å². The molecule has 1 aliphatic rings. The van der Waals surface area contributed by atoms with Gasteiger partial charge in [-0.1, -0.05) is 24.3 Å². The Hall–Kier alpha value is -3.61. The monoisotopic (exact) mass is 389 g/mol. The fourth-order valence-electron chi connectivity index (χ4n) is 3.61. The molecule has 4 rings (SSSR count). The molecule has 0 saturated carbocycles. The van der Waals surface area contributed by atoms with E-state index in [0.717, 1.165) is 35.8 Å². The highest BCUT2D eigenvalue weighted by atomic mass is 16.2. The standard InChI is InChI=1S/C22H23N5O2/c1-17-14-21(27(24-17)19-7-3-2-4-8-19)22(29)26-12-10-25(11-13-26)20-9-5-6-18(15-20)23-16-28/h2-9,14-16H,10-13H2,1H3,(H,23,28). The molecule has 148 valence electrons. The van der Waals surface area contributed by atoms with Crippen molar-refractivity contribution in [3.05, 3.63) is 72.1 Å². The lowest BCUT2D eigenvalue weighted by Crippen LogP contribution is -2.49. The van der Waals surface area contributed by atoms with Crippen LogP contribution in [0, 0.1) is 6.92 Å².